The molecule has 0 atom stereocenters. The van der Waals surface area contributed by atoms with Crippen molar-refractivity contribution in [1.29, 1.82) is 0 Å². The van der Waals surface area contributed by atoms with Gasteiger partial charge in [-0.1, -0.05) is 0 Å². The lowest BCUT2D eigenvalue weighted by Gasteiger charge is -2.07. The quantitative estimate of drug-likeness (QED) is 0.489. The van der Waals surface area contributed by atoms with Crippen LogP contribution >= 0.6 is 11.8 Å². The van der Waals surface area contributed by atoms with Crippen molar-refractivity contribution in [3.8, 4) is 0 Å². The second-order valence-corrected chi connectivity index (χ2v) is 4.58. The van der Waals surface area contributed by atoms with E-state index < -0.39 is 5.97 Å². The van der Waals surface area contributed by atoms with E-state index in [-0.39, 0.29) is 11.7 Å². The van der Waals surface area contributed by atoms with Gasteiger partial charge in [0.25, 0.3) is 0 Å². The first-order valence-corrected chi connectivity index (χ1v) is 6.92. The number of anilines is 1. The SMILES string of the molecule is CCOC(=O)CSc1ccc(C(=O)OCC)cc1N. The Morgan fingerprint density at radius 3 is 2.47 bits per heavy atom. The summed E-state index contributed by atoms with van der Waals surface area (Å²) in [6.45, 7) is 4.17. The maximum Gasteiger partial charge on any atom is 0.338 e. The van der Waals surface area contributed by atoms with E-state index in [4.69, 9.17) is 15.2 Å². The molecule has 0 unspecified atom stereocenters. The van der Waals surface area contributed by atoms with Crippen molar-refractivity contribution in [1.82, 2.24) is 0 Å². The smallest absolute Gasteiger partial charge is 0.338 e. The standard InChI is InChI=1S/C13H17NO4S/c1-3-17-12(15)8-19-11-6-5-9(7-10(11)14)13(16)18-4-2/h5-7H,3-4,8,14H2,1-2H3. The first kappa shape index (κ1) is 15.4. The molecule has 2 N–H and O–H groups in total. The fraction of sp³-hybridized carbons (Fsp3) is 0.385. The van der Waals surface area contributed by atoms with E-state index in [1.54, 1.807) is 32.0 Å². The van der Waals surface area contributed by atoms with Crippen LogP contribution in [0.2, 0.25) is 0 Å². The first-order chi connectivity index (χ1) is 9.08. The summed E-state index contributed by atoms with van der Waals surface area (Å²) in [7, 11) is 0. The van der Waals surface area contributed by atoms with Gasteiger partial charge in [0.2, 0.25) is 0 Å². The van der Waals surface area contributed by atoms with Crippen LogP contribution in [0.5, 0.6) is 0 Å². The molecule has 0 heterocycles. The third-order valence-corrected chi connectivity index (χ3v) is 3.23. The molecule has 0 saturated carbocycles. The molecular weight excluding hydrogens is 266 g/mol. The van der Waals surface area contributed by atoms with E-state index >= 15 is 0 Å². The number of benzene rings is 1. The molecule has 1 rings (SSSR count). The van der Waals surface area contributed by atoms with Crippen molar-refractivity contribution in [2.45, 2.75) is 18.7 Å². The summed E-state index contributed by atoms with van der Waals surface area (Å²) in [5.74, 6) is -0.505. The van der Waals surface area contributed by atoms with Gasteiger partial charge in [-0.15, -0.1) is 11.8 Å². The summed E-state index contributed by atoms with van der Waals surface area (Å²) >= 11 is 1.28. The van der Waals surface area contributed by atoms with E-state index in [2.05, 4.69) is 0 Å². The number of carbonyl (C=O) groups is 2. The lowest BCUT2D eigenvalue weighted by molar-refractivity contribution is -0.139. The van der Waals surface area contributed by atoms with Crippen LogP contribution in [-0.2, 0) is 14.3 Å². The molecule has 5 nitrogen and oxygen atoms in total. The van der Waals surface area contributed by atoms with Gasteiger partial charge in [0.1, 0.15) is 0 Å². The topological polar surface area (TPSA) is 78.6 Å². The minimum absolute atomic E-state index is 0.191. The van der Waals surface area contributed by atoms with Gasteiger partial charge < -0.3 is 15.2 Å². The third kappa shape index (κ3) is 4.82. The zero-order valence-electron chi connectivity index (χ0n) is 11.0. The molecule has 0 aromatic heterocycles. The van der Waals surface area contributed by atoms with Crippen LogP contribution in [0.15, 0.2) is 23.1 Å². The molecular formula is C13H17NO4S. The molecule has 0 amide bonds. The summed E-state index contributed by atoms with van der Waals surface area (Å²) < 4.78 is 9.70. The van der Waals surface area contributed by atoms with Crippen LogP contribution in [-0.4, -0.2) is 30.9 Å². The maximum atomic E-state index is 11.5. The molecule has 6 heteroatoms. The van der Waals surface area contributed by atoms with E-state index in [1.807, 2.05) is 0 Å². The minimum atomic E-state index is -0.406. The number of carbonyl (C=O) groups excluding carboxylic acids is 2. The summed E-state index contributed by atoms with van der Waals surface area (Å²) in [4.78, 5) is 23.5. The van der Waals surface area contributed by atoms with Gasteiger partial charge in [-0.25, -0.2) is 4.79 Å². The Kier molecular flexibility index (Phi) is 6.21. The maximum absolute atomic E-state index is 11.5. The number of nitrogen functional groups attached to an aromatic ring is 1. The fourth-order valence-electron chi connectivity index (χ4n) is 1.36. The van der Waals surface area contributed by atoms with E-state index in [0.29, 0.717) is 24.5 Å². The highest BCUT2D eigenvalue weighted by Crippen LogP contribution is 2.26. The number of esters is 2. The van der Waals surface area contributed by atoms with E-state index in [9.17, 15) is 9.59 Å². The Morgan fingerprint density at radius 2 is 1.89 bits per heavy atom. The summed E-state index contributed by atoms with van der Waals surface area (Å²) in [5.41, 5.74) is 6.68. The van der Waals surface area contributed by atoms with Gasteiger partial charge in [-0.3, -0.25) is 4.79 Å². The summed E-state index contributed by atoms with van der Waals surface area (Å²) in [5, 5.41) is 0. The number of thioether (sulfide) groups is 1. The molecule has 0 radical (unpaired) electrons. The number of rotatable bonds is 6. The zero-order valence-corrected chi connectivity index (χ0v) is 11.8. The van der Waals surface area contributed by atoms with Crippen molar-refractivity contribution < 1.29 is 19.1 Å². The highest BCUT2D eigenvalue weighted by molar-refractivity contribution is 8.00. The number of hydrogen-bond acceptors (Lipinski definition) is 6. The summed E-state index contributed by atoms with van der Waals surface area (Å²) in [6, 6.07) is 4.87. The van der Waals surface area contributed by atoms with Crippen LogP contribution in [0, 0.1) is 0 Å². The fourth-order valence-corrected chi connectivity index (χ4v) is 2.11. The van der Waals surface area contributed by atoms with Gasteiger partial charge in [0.15, 0.2) is 0 Å². The monoisotopic (exact) mass is 283 g/mol. The lowest BCUT2D eigenvalue weighted by atomic mass is 10.2. The Balaban J connectivity index is 2.67. The highest BCUT2D eigenvalue weighted by Gasteiger charge is 2.10. The molecule has 0 aliphatic rings. The lowest BCUT2D eigenvalue weighted by Crippen LogP contribution is -2.07. The average Bonchev–Trinajstić information content (AvgIpc) is 2.38. The van der Waals surface area contributed by atoms with Gasteiger partial charge in [0, 0.05) is 10.6 Å². The van der Waals surface area contributed by atoms with Crippen LogP contribution in [0.1, 0.15) is 24.2 Å². The molecule has 1 aromatic rings. The largest absolute Gasteiger partial charge is 0.465 e. The van der Waals surface area contributed by atoms with E-state index in [1.165, 1.54) is 11.8 Å². The number of hydrogen-bond donors (Lipinski definition) is 1. The van der Waals surface area contributed by atoms with Crippen molar-refractivity contribution in [3.05, 3.63) is 23.8 Å². The molecule has 0 spiro atoms. The molecule has 0 aliphatic carbocycles. The van der Waals surface area contributed by atoms with Crippen LogP contribution < -0.4 is 5.73 Å². The molecule has 104 valence electrons. The van der Waals surface area contributed by atoms with Gasteiger partial charge in [0.05, 0.1) is 24.5 Å². The van der Waals surface area contributed by atoms with Gasteiger partial charge in [-0.05, 0) is 32.0 Å². The Morgan fingerprint density at radius 1 is 1.21 bits per heavy atom. The van der Waals surface area contributed by atoms with Crippen LogP contribution in [0.25, 0.3) is 0 Å². The molecule has 0 saturated heterocycles. The molecule has 19 heavy (non-hydrogen) atoms. The van der Waals surface area contributed by atoms with Crippen molar-refractivity contribution in [3.63, 3.8) is 0 Å². The molecule has 0 bridgehead atoms. The zero-order chi connectivity index (χ0) is 14.3. The molecule has 0 aliphatic heterocycles. The van der Waals surface area contributed by atoms with Crippen LogP contribution in [0.3, 0.4) is 0 Å². The van der Waals surface area contributed by atoms with E-state index in [0.717, 1.165) is 4.90 Å². The summed E-state index contributed by atoms with van der Waals surface area (Å²) in [6.07, 6.45) is 0. The normalized spacial score (nSPS) is 10.0. The van der Waals surface area contributed by atoms with Crippen molar-refractivity contribution in [2.75, 3.05) is 24.7 Å². The van der Waals surface area contributed by atoms with Gasteiger partial charge in [-0.2, -0.15) is 0 Å². The molecule has 0 fully saturated rings. The van der Waals surface area contributed by atoms with Crippen molar-refractivity contribution >= 4 is 29.4 Å². The minimum Gasteiger partial charge on any atom is -0.465 e. The number of ether oxygens (including phenoxy) is 2. The van der Waals surface area contributed by atoms with Crippen molar-refractivity contribution in [2.24, 2.45) is 0 Å². The highest BCUT2D eigenvalue weighted by atomic mass is 32.2. The average molecular weight is 283 g/mol. The second kappa shape index (κ2) is 7.68. The molecule has 1 aromatic carbocycles. The Labute approximate surface area is 116 Å². The third-order valence-electron chi connectivity index (χ3n) is 2.17. The second-order valence-electron chi connectivity index (χ2n) is 3.57. The van der Waals surface area contributed by atoms with Gasteiger partial charge >= 0.3 is 11.9 Å². The Hall–Kier alpha value is -1.69. The predicted octanol–water partition coefficient (Wildman–Crippen LogP) is 2.10. The Bertz CT molecular complexity index is 462. The first-order valence-electron chi connectivity index (χ1n) is 5.93. The predicted molar refractivity (Wildman–Crippen MR) is 74.2 cm³/mol. The van der Waals surface area contributed by atoms with Crippen LogP contribution in [0.4, 0.5) is 5.69 Å². The number of nitrogens with two attached hydrogens (primary N) is 1.